The lowest BCUT2D eigenvalue weighted by Gasteiger charge is -2.09. The minimum Gasteiger partial charge on any atom is -0.398 e. The highest BCUT2D eigenvalue weighted by Crippen LogP contribution is 2.21. The number of amides is 1. The van der Waals surface area contributed by atoms with Gasteiger partial charge in [0, 0.05) is 24.6 Å². The van der Waals surface area contributed by atoms with Crippen LogP contribution >= 0.6 is 11.6 Å². The maximum Gasteiger partial charge on any atom is 0.254 e. The summed E-state index contributed by atoms with van der Waals surface area (Å²) in [5, 5.41) is 3.16. The van der Waals surface area contributed by atoms with Gasteiger partial charge < -0.3 is 11.1 Å². The molecule has 98 valence electrons. The molecule has 1 aromatic heterocycles. The summed E-state index contributed by atoms with van der Waals surface area (Å²) in [6.07, 6.45) is 4.20. The molecule has 4 nitrogen and oxygen atoms in total. The van der Waals surface area contributed by atoms with Crippen LogP contribution in [0.1, 0.15) is 15.9 Å². The third-order valence-corrected chi connectivity index (χ3v) is 3.01. The highest BCUT2D eigenvalue weighted by atomic mass is 35.5. The van der Waals surface area contributed by atoms with Crippen molar-refractivity contribution in [1.29, 1.82) is 0 Å². The lowest BCUT2D eigenvalue weighted by molar-refractivity contribution is 0.0955. The fourth-order valence-electron chi connectivity index (χ4n) is 1.74. The Morgan fingerprint density at radius 2 is 2.16 bits per heavy atom. The van der Waals surface area contributed by atoms with E-state index < -0.39 is 0 Å². The second-order valence-corrected chi connectivity index (χ2v) is 4.48. The minimum absolute atomic E-state index is 0.257. The van der Waals surface area contributed by atoms with Gasteiger partial charge in [0.2, 0.25) is 0 Å². The van der Waals surface area contributed by atoms with E-state index in [2.05, 4.69) is 10.3 Å². The number of nitrogens with one attached hydrogen (secondary N) is 1. The Balaban J connectivity index is 1.95. The SMILES string of the molecule is Nc1cccc(Cl)c1C(=O)NCCc1cccnc1. The zero-order valence-corrected chi connectivity index (χ0v) is 11.0. The molecule has 0 unspecified atom stereocenters. The largest absolute Gasteiger partial charge is 0.398 e. The molecule has 1 heterocycles. The molecule has 0 saturated carbocycles. The summed E-state index contributed by atoms with van der Waals surface area (Å²) in [6.45, 7) is 0.509. The van der Waals surface area contributed by atoms with Crippen LogP contribution in [0.25, 0.3) is 0 Å². The van der Waals surface area contributed by atoms with Crippen molar-refractivity contribution < 1.29 is 4.79 Å². The van der Waals surface area contributed by atoms with Crippen molar-refractivity contribution in [2.45, 2.75) is 6.42 Å². The van der Waals surface area contributed by atoms with E-state index in [9.17, 15) is 4.79 Å². The standard InChI is InChI=1S/C14H14ClN3O/c15-11-4-1-5-12(16)13(11)14(19)18-8-6-10-3-2-7-17-9-10/h1-5,7,9H,6,8,16H2,(H,18,19). The van der Waals surface area contributed by atoms with Gasteiger partial charge in [-0.3, -0.25) is 9.78 Å². The number of aromatic nitrogens is 1. The molecule has 0 spiro atoms. The minimum atomic E-state index is -0.257. The topological polar surface area (TPSA) is 68.0 Å². The van der Waals surface area contributed by atoms with Crippen LogP contribution in [0.5, 0.6) is 0 Å². The molecular formula is C14H14ClN3O. The highest BCUT2D eigenvalue weighted by molar-refractivity contribution is 6.34. The Morgan fingerprint density at radius 3 is 2.84 bits per heavy atom. The van der Waals surface area contributed by atoms with Gasteiger partial charge in [0.15, 0.2) is 0 Å². The fourth-order valence-corrected chi connectivity index (χ4v) is 2.00. The molecule has 0 aliphatic carbocycles. The molecule has 0 atom stereocenters. The number of carbonyl (C=O) groups is 1. The van der Waals surface area contributed by atoms with E-state index in [1.807, 2.05) is 12.1 Å². The zero-order valence-electron chi connectivity index (χ0n) is 10.3. The van der Waals surface area contributed by atoms with Crippen molar-refractivity contribution in [3.63, 3.8) is 0 Å². The van der Waals surface area contributed by atoms with E-state index in [1.54, 1.807) is 30.6 Å². The van der Waals surface area contributed by atoms with E-state index in [4.69, 9.17) is 17.3 Å². The van der Waals surface area contributed by atoms with Crippen LogP contribution < -0.4 is 11.1 Å². The van der Waals surface area contributed by atoms with Crippen LogP contribution in [0.15, 0.2) is 42.7 Å². The van der Waals surface area contributed by atoms with Crippen molar-refractivity contribution in [3.05, 3.63) is 58.9 Å². The molecule has 19 heavy (non-hydrogen) atoms. The molecule has 0 aliphatic rings. The number of pyridine rings is 1. The van der Waals surface area contributed by atoms with Gasteiger partial charge in [0.05, 0.1) is 10.6 Å². The van der Waals surface area contributed by atoms with Crippen LogP contribution in [-0.4, -0.2) is 17.4 Å². The molecule has 2 aromatic rings. The smallest absolute Gasteiger partial charge is 0.254 e. The molecule has 5 heteroatoms. The first-order chi connectivity index (χ1) is 9.18. The molecule has 0 saturated heterocycles. The molecule has 2 rings (SSSR count). The van der Waals surface area contributed by atoms with Crippen LogP contribution in [0.3, 0.4) is 0 Å². The summed E-state index contributed by atoms with van der Waals surface area (Å²) < 4.78 is 0. The summed E-state index contributed by atoms with van der Waals surface area (Å²) in [5.41, 5.74) is 7.52. The summed E-state index contributed by atoms with van der Waals surface area (Å²) >= 11 is 5.97. The first-order valence-electron chi connectivity index (χ1n) is 5.89. The van der Waals surface area contributed by atoms with Gasteiger partial charge in [-0.1, -0.05) is 23.7 Å². The predicted octanol–water partition coefficient (Wildman–Crippen LogP) is 2.29. The van der Waals surface area contributed by atoms with Gasteiger partial charge in [-0.15, -0.1) is 0 Å². The van der Waals surface area contributed by atoms with E-state index in [0.717, 1.165) is 5.56 Å². The van der Waals surface area contributed by atoms with Crippen LogP contribution in [0.4, 0.5) is 5.69 Å². The Labute approximate surface area is 116 Å². The van der Waals surface area contributed by atoms with Gasteiger partial charge in [0.25, 0.3) is 5.91 Å². The van der Waals surface area contributed by atoms with Gasteiger partial charge >= 0.3 is 0 Å². The van der Waals surface area contributed by atoms with Gasteiger partial charge in [-0.05, 0) is 30.2 Å². The van der Waals surface area contributed by atoms with Crippen molar-refractivity contribution in [3.8, 4) is 0 Å². The third-order valence-electron chi connectivity index (χ3n) is 2.69. The fraction of sp³-hybridized carbons (Fsp3) is 0.143. The Kier molecular flexibility index (Phi) is 4.36. The first kappa shape index (κ1) is 13.4. The summed E-state index contributed by atoms with van der Waals surface area (Å²) in [6, 6.07) is 8.84. The predicted molar refractivity (Wildman–Crippen MR) is 76.1 cm³/mol. The summed E-state index contributed by atoms with van der Waals surface area (Å²) in [7, 11) is 0. The lowest BCUT2D eigenvalue weighted by atomic mass is 10.1. The monoisotopic (exact) mass is 275 g/mol. The number of hydrogen-bond acceptors (Lipinski definition) is 3. The average molecular weight is 276 g/mol. The van der Waals surface area contributed by atoms with Crippen molar-refractivity contribution in [2.75, 3.05) is 12.3 Å². The summed E-state index contributed by atoms with van der Waals surface area (Å²) in [4.78, 5) is 16.0. The number of benzene rings is 1. The maximum absolute atomic E-state index is 12.0. The summed E-state index contributed by atoms with van der Waals surface area (Å²) in [5.74, 6) is -0.257. The molecule has 0 aliphatic heterocycles. The zero-order chi connectivity index (χ0) is 13.7. The number of nitrogen functional groups attached to an aromatic ring is 1. The Morgan fingerprint density at radius 1 is 1.32 bits per heavy atom. The molecule has 3 N–H and O–H groups in total. The Bertz CT molecular complexity index is 552. The molecule has 0 fully saturated rings. The van der Waals surface area contributed by atoms with Gasteiger partial charge in [0.1, 0.15) is 0 Å². The lowest BCUT2D eigenvalue weighted by Crippen LogP contribution is -2.26. The van der Waals surface area contributed by atoms with E-state index in [0.29, 0.717) is 29.2 Å². The van der Waals surface area contributed by atoms with Gasteiger partial charge in [-0.2, -0.15) is 0 Å². The van der Waals surface area contributed by atoms with Crippen LogP contribution in [0, 0.1) is 0 Å². The third kappa shape index (κ3) is 3.45. The second kappa shape index (κ2) is 6.20. The van der Waals surface area contributed by atoms with Crippen molar-refractivity contribution in [2.24, 2.45) is 0 Å². The number of nitrogens with zero attached hydrogens (tertiary/aromatic N) is 1. The van der Waals surface area contributed by atoms with Crippen molar-refractivity contribution in [1.82, 2.24) is 10.3 Å². The maximum atomic E-state index is 12.0. The van der Waals surface area contributed by atoms with E-state index in [-0.39, 0.29) is 5.91 Å². The van der Waals surface area contributed by atoms with E-state index in [1.165, 1.54) is 0 Å². The van der Waals surface area contributed by atoms with Crippen molar-refractivity contribution >= 4 is 23.2 Å². The van der Waals surface area contributed by atoms with Crippen LogP contribution in [-0.2, 0) is 6.42 Å². The average Bonchev–Trinajstić information content (AvgIpc) is 2.40. The number of anilines is 1. The number of rotatable bonds is 4. The molecule has 1 amide bonds. The molecule has 0 radical (unpaired) electrons. The number of nitrogens with two attached hydrogens (primary N) is 1. The first-order valence-corrected chi connectivity index (χ1v) is 6.27. The molecule has 0 bridgehead atoms. The highest BCUT2D eigenvalue weighted by Gasteiger charge is 2.12. The number of carbonyl (C=O) groups excluding carboxylic acids is 1. The number of hydrogen-bond donors (Lipinski definition) is 2. The second-order valence-electron chi connectivity index (χ2n) is 4.07. The van der Waals surface area contributed by atoms with E-state index >= 15 is 0 Å². The quantitative estimate of drug-likeness (QED) is 0.841. The van der Waals surface area contributed by atoms with Crippen LogP contribution in [0.2, 0.25) is 5.02 Å². The van der Waals surface area contributed by atoms with Gasteiger partial charge in [-0.25, -0.2) is 0 Å². The normalized spacial score (nSPS) is 10.2. The Hall–Kier alpha value is -2.07. The molecule has 1 aromatic carbocycles. The number of halogens is 1. The molecular weight excluding hydrogens is 262 g/mol.